The molecular weight excluding hydrogens is 256 g/mol. The Kier molecular flexibility index (Phi) is 5.12. The maximum absolute atomic E-state index is 6.49. The van der Waals surface area contributed by atoms with Gasteiger partial charge in [-0.3, -0.25) is 0 Å². The number of halogens is 1. The minimum atomic E-state index is 0.358. The van der Waals surface area contributed by atoms with Gasteiger partial charge in [-0.1, -0.05) is 31.5 Å². The smallest absolute Gasteiger partial charge is 0.0642 e. The van der Waals surface area contributed by atoms with Crippen LogP contribution in [-0.4, -0.2) is 19.6 Å². The Bertz CT molecular complexity index is 419. The van der Waals surface area contributed by atoms with Crippen LogP contribution in [-0.2, 0) is 0 Å². The van der Waals surface area contributed by atoms with Gasteiger partial charge in [0.15, 0.2) is 0 Å². The lowest BCUT2D eigenvalue weighted by atomic mass is 9.99. The zero-order valence-electron chi connectivity index (χ0n) is 12.2. The van der Waals surface area contributed by atoms with Crippen LogP contribution in [0.2, 0.25) is 5.02 Å². The number of nitrogens with one attached hydrogen (secondary N) is 1. The van der Waals surface area contributed by atoms with E-state index < -0.39 is 0 Å². The van der Waals surface area contributed by atoms with Crippen LogP contribution >= 0.6 is 11.6 Å². The second-order valence-electron chi connectivity index (χ2n) is 5.68. The first-order valence-corrected chi connectivity index (χ1v) is 7.77. The number of hydrogen-bond acceptors (Lipinski definition) is 2. The maximum Gasteiger partial charge on any atom is 0.0642 e. The lowest BCUT2D eigenvalue weighted by Crippen LogP contribution is -2.34. The summed E-state index contributed by atoms with van der Waals surface area (Å²) >= 11 is 6.49. The zero-order valence-corrected chi connectivity index (χ0v) is 13.0. The predicted molar refractivity (Wildman–Crippen MR) is 84.2 cm³/mol. The molecule has 1 aliphatic rings. The second kappa shape index (κ2) is 6.62. The fourth-order valence-corrected chi connectivity index (χ4v) is 3.19. The van der Waals surface area contributed by atoms with Gasteiger partial charge in [-0.05, 0) is 49.9 Å². The van der Waals surface area contributed by atoms with E-state index in [0.717, 1.165) is 30.6 Å². The molecule has 1 aromatic carbocycles. The first-order chi connectivity index (χ1) is 9.11. The van der Waals surface area contributed by atoms with Crippen molar-refractivity contribution in [3.63, 3.8) is 0 Å². The molecule has 2 atom stereocenters. The van der Waals surface area contributed by atoms with E-state index >= 15 is 0 Å². The SMILES string of the molecule is CCNC(C)c1ccc(N2CCCC(C)C2)c(Cl)c1. The molecule has 2 rings (SSSR count). The minimum Gasteiger partial charge on any atom is -0.370 e. The minimum absolute atomic E-state index is 0.358. The van der Waals surface area contributed by atoms with E-state index in [-0.39, 0.29) is 0 Å². The molecule has 1 aliphatic heterocycles. The van der Waals surface area contributed by atoms with Crippen LogP contribution in [0, 0.1) is 5.92 Å². The Balaban J connectivity index is 2.14. The summed E-state index contributed by atoms with van der Waals surface area (Å²) in [5.41, 5.74) is 2.46. The van der Waals surface area contributed by atoms with Crippen LogP contribution in [0.15, 0.2) is 18.2 Å². The van der Waals surface area contributed by atoms with Crippen LogP contribution in [0.5, 0.6) is 0 Å². The molecule has 1 aromatic rings. The van der Waals surface area contributed by atoms with Crippen molar-refractivity contribution in [1.82, 2.24) is 5.32 Å². The van der Waals surface area contributed by atoms with Crippen LogP contribution in [0.25, 0.3) is 0 Å². The predicted octanol–water partition coefficient (Wildman–Crippen LogP) is 4.25. The summed E-state index contributed by atoms with van der Waals surface area (Å²) in [6, 6.07) is 6.86. The fraction of sp³-hybridized carbons (Fsp3) is 0.625. The van der Waals surface area contributed by atoms with Gasteiger partial charge in [-0.2, -0.15) is 0 Å². The molecule has 0 aromatic heterocycles. The molecule has 3 heteroatoms. The maximum atomic E-state index is 6.49. The third kappa shape index (κ3) is 3.64. The van der Waals surface area contributed by atoms with Gasteiger partial charge in [0.05, 0.1) is 10.7 Å². The van der Waals surface area contributed by atoms with Crippen molar-refractivity contribution in [1.29, 1.82) is 0 Å². The molecule has 0 spiro atoms. The third-order valence-corrected chi connectivity index (χ3v) is 4.28. The summed E-state index contributed by atoms with van der Waals surface area (Å²) in [6.45, 7) is 9.86. The average molecular weight is 281 g/mol. The highest BCUT2D eigenvalue weighted by Crippen LogP contribution is 2.31. The molecule has 0 amide bonds. The molecule has 2 unspecified atom stereocenters. The Hall–Kier alpha value is -0.730. The molecule has 1 saturated heterocycles. The van der Waals surface area contributed by atoms with Crippen LogP contribution in [0.3, 0.4) is 0 Å². The molecule has 19 heavy (non-hydrogen) atoms. The van der Waals surface area contributed by atoms with Crippen LogP contribution in [0.4, 0.5) is 5.69 Å². The highest BCUT2D eigenvalue weighted by Gasteiger charge is 2.19. The molecule has 0 radical (unpaired) electrons. The van der Waals surface area contributed by atoms with Gasteiger partial charge in [0.25, 0.3) is 0 Å². The normalized spacial score (nSPS) is 21.5. The lowest BCUT2D eigenvalue weighted by molar-refractivity contribution is 0.447. The standard InChI is InChI=1S/C16H25ClN2/c1-4-18-13(3)14-7-8-16(15(17)10-14)19-9-5-6-12(2)11-19/h7-8,10,12-13,18H,4-6,9,11H2,1-3H3. The van der Waals surface area contributed by atoms with Crippen molar-refractivity contribution >= 4 is 17.3 Å². The van der Waals surface area contributed by atoms with Crippen molar-refractivity contribution in [3.05, 3.63) is 28.8 Å². The van der Waals surface area contributed by atoms with Crippen LogP contribution < -0.4 is 10.2 Å². The number of hydrogen-bond donors (Lipinski definition) is 1. The first-order valence-electron chi connectivity index (χ1n) is 7.39. The van der Waals surface area contributed by atoms with E-state index in [1.54, 1.807) is 0 Å². The number of nitrogens with zero attached hydrogens (tertiary/aromatic N) is 1. The largest absolute Gasteiger partial charge is 0.370 e. The lowest BCUT2D eigenvalue weighted by Gasteiger charge is -2.33. The number of piperidine rings is 1. The van der Waals surface area contributed by atoms with E-state index in [1.165, 1.54) is 24.1 Å². The van der Waals surface area contributed by atoms with E-state index in [2.05, 4.69) is 49.2 Å². The topological polar surface area (TPSA) is 15.3 Å². The summed E-state index contributed by atoms with van der Waals surface area (Å²) < 4.78 is 0. The Labute approximate surface area is 122 Å². The van der Waals surface area contributed by atoms with Gasteiger partial charge in [0.1, 0.15) is 0 Å². The highest BCUT2D eigenvalue weighted by atomic mass is 35.5. The molecule has 106 valence electrons. The van der Waals surface area contributed by atoms with Gasteiger partial charge in [0.2, 0.25) is 0 Å². The van der Waals surface area contributed by atoms with Crippen molar-refractivity contribution in [2.75, 3.05) is 24.5 Å². The van der Waals surface area contributed by atoms with Gasteiger partial charge >= 0.3 is 0 Å². The van der Waals surface area contributed by atoms with Gasteiger partial charge < -0.3 is 10.2 Å². The van der Waals surface area contributed by atoms with E-state index in [0.29, 0.717) is 6.04 Å². The zero-order chi connectivity index (χ0) is 13.8. The fourth-order valence-electron chi connectivity index (χ4n) is 2.88. The second-order valence-corrected chi connectivity index (χ2v) is 6.09. The summed E-state index contributed by atoms with van der Waals surface area (Å²) in [7, 11) is 0. The van der Waals surface area contributed by atoms with E-state index in [1.807, 2.05) is 0 Å². The first kappa shape index (κ1) is 14.7. The highest BCUT2D eigenvalue weighted by molar-refractivity contribution is 6.33. The summed E-state index contributed by atoms with van der Waals surface area (Å²) in [6.07, 6.45) is 2.61. The van der Waals surface area contributed by atoms with Gasteiger partial charge in [0, 0.05) is 19.1 Å². The van der Waals surface area contributed by atoms with Crippen molar-refractivity contribution in [3.8, 4) is 0 Å². The Morgan fingerprint density at radius 3 is 2.89 bits per heavy atom. The summed E-state index contributed by atoms with van der Waals surface area (Å²) in [5, 5.41) is 4.31. The third-order valence-electron chi connectivity index (χ3n) is 3.98. The van der Waals surface area contributed by atoms with E-state index in [9.17, 15) is 0 Å². The molecular formula is C16H25ClN2. The molecule has 2 nitrogen and oxygen atoms in total. The summed E-state index contributed by atoms with van der Waals surface area (Å²) in [5.74, 6) is 0.769. The van der Waals surface area contributed by atoms with Gasteiger partial charge in [-0.25, -0.2) is 0 Å². The Morgan fingerprint density at radius 1 is 1.47 bits per heavy atom. The van der Waals surface area contributed by atoms with Crippen molar-refractivity contribution in [2.24, 2.45) is 5.92 Å². The molecule has 0 saturated carbocycles. The number of benzene rings is 1. The molecule has 0 aliphatic carbocycles. The summed E-state index contributed by atoms with van der Waals surface area (Å²) in [4.78, 5) is 2.43. The monoisotopic (exact) mass is 280 g/mol. The molecule has 1 fully saturated rings. The number of anilines is 1. The number of rotatable bonds is 4. The van der Waals surface area contributed by atoms with E-state index in [4.69, 9.17) is 11.6 Å². The molecule has 1 heterocycles. The molecule has 0 bridgehead atoms. The quantitative estimate of drug-likeness (QED) is 0.887. The van der Waals surface area contributed by atoms with Gasteiger partial charge in [-0.15, -0.1) is 0 Å². The average Bonchev–Trinajstić information content (AvgIpc) is 2.38. The van der Waals surface area contributed by atoms with Crippen molar-refractivity contribution in [2.45, 2.75) is 39.7 Å². The molecule has 1 N–H and O–H groups in total. The Morgan fingerprint density at radius 2 is 2.26 bits per heavy atom. The van der Waals surface area contributed by atoms with Crippen LogP contribution in [0.1, 0.15) is 45.2 Å². The van der Waals surface area contributed by atoms with Crippen molar-refractivity contribution < 1.29 is 0 Å².